The molecule has 0 saturated carbocycles. The van der Waals surface area contributed by atoms with Crippen LogP contribution in [-0.4, -0.2) is 22.7 Å². The smallest absolute Gasteiger partial charge is 0.387 e. The van der Waals surface area contributed by atoms with Gasteiger partial charge in [0.15, 0.2) is 5.82 Å². The van der Waals surface area contributed by atoms with E-state index in [0.29, 0.717) is 33.6 Å². The lowest BCUT2D eigenvalue weighted by molar-refractivity contribution is -0.0508. The van der Waals surface area contributed by atoms with Gasteiger partial charge >= 0.3 is 6.61 Å². The largest absolute Gasteiger partial charge is 0.489 e. The molecule has 1 aromatic heterocycles. The second-order valence-corrected chi connectivity index (χ2v) is 8.84. The number of nitrogens with one attached hydrogen (secondary N) is 2. The lowest BCUT2D eigenvalue weighted by atomic mass is 9.87. The molecule has 6 nitrogen and oxygen atoms in total. The minimum absolute atomic E-state index is 0.00407. The molecule has 0 atom stereocenters. The summed E-state index contributed by atoms with van der Waals surface area (Å²) in [6.07, 6.45) is 0. The van der Waals surface area contributed by atoms with Gasteiger partial charge in [0.1, 0.15) is 18.1 Å². The van der Waals surface area contributed by atoms with Crippen LogP contribution in [0.1, 0.15) is 42.3 Å². The van der Waals surface area contributed by atoms with Gasteiger partial charge < -0.3 is 14.8 Å². The molecule has 2 N–H and O–H groups in total. The van der Waals surface area contributed by atoms with E-state index in [2.05, 4.69) is 41.0 Å². The lowest BCUT2D eigenvalue weighted by Gasteiger charge is -2.19. The third kappa shape index (κ3) is 5.33. The van der Waals surface area contributed by atoms with E-state index in [1.54, 1.807) is 48.5 Å². The van der Waals surface area contributed by atoms with Crippen molar-refractivity contribution >= 4 is 22.6 Å². The number of hydrogen-bond acceptors (Lipinski definition) is 4. The molecule has 0 aliphatic carbocycles. The molecule has 0 spiro atoms. The second-order valence-electron chi connectivity index (χ2n) is 8.84. The molecule has 8 heteroatoms. The molecule has 4 aromatic rings. The highest BCUT2D eigenvalue weighted by molar-refractivity contribution is 6.08. The highest BCUT2D eigenvalue weighted by Gasteiger charge is 2.16. The number of benzene rings is 3. The third-order valence-corrected chi connectivity index (χ3v) is 5.36. The molecule has 34 heavy (non-hydrogen) atoms. The van der Waals surface area contributed by atoms with Gasteiger partial charge in [0, 0.05) is 16.5 Å². The molecule has 0 bridgehead atoms. The maximum Gasteiger partial charge on any atom is 0.387 e. The fraction of sp³-hybridized carbons (Fsp3) is 0.231. The van der Waals surface area contributed by atoms with Crippen molar-refractivity contribution in [3.63, 3.8) is 0 Å². The summed E-state index contributed by atoms with van der Waals surface area (Å²) >= 11 is 0. The summed E-state index contributed by atoms with van der Waals surface area (Å²) in [5, 5.41) is 10.6. The number of rotatable bonds is 7. The zero-order valence-electron chi connectivity index (χ0n) is 19.1. The zero-order chi connectivity index (χ0) is 24.3. The van der Waals surface area contributed by atoms with Crippen LogP contribution in [0.15, 0.2) is 66.7 Å². The van der Waals surface area contributed by atoms with Crippen LogP contribution in [0, 0.1) is 0 Å². The number of aromatic nitrogens is 2. The standard InChI is InChI=1S/C26H25F2N3O3/c1-26(2,3)18-10-8-16(9-11-18)24(32)29-23-20-14-19(12-13-21(20)30-31-23)33-15-17-6-4-5-7-22(17)34-25(27)28/h4-14,25H,15H2,1-3H3,(H2,29,30,31,32). The molecular formula is C26H25F2N3O3. The number of nitrogens with zero attached hydrogens (tertiary/aromatic N) is 1. The summed E-state index contributed by atoms with van der Waals surface area (Å²) in [6.45, 7) is 3.46. The minimum atomic E-state index is -2.92. The number of anilines is 1. The quantitative estimate of drug-likeness (QED) is 0.336. The molecule has 4 rings (SSSR count). The van der Waals surface area contributed by atoms with Crippen LogP contribution in [0.4, 0.5) is 14.6 Å². The van der Waals surface area contributed by atoms with Crippen molar-refractivity contribution in [2.75, 3.05) is 5.32 Å². The van der Waals surface area contributed by atoms with Crippen molar-refractivity contribution in [1.29, 1.82) is 0 Å². The molecule has 1 amide bonds. The monoisotopic (exact) mass is 465 g/mol. The van der Waals surface area contributed by atoms with Gasteiger partial charge in [-0.3, -0.25) is 9.89 Å². The first kappa shape index (κ1) is 23.2. The Bertz CT molecular complexity index is 1290. The van der Waals surface area contributed by atoms with Crippen molar-refractivity contribution < 1.29 is 23.0 Å². The van der Waals surface area contributed by atoms with Crippen LogP contribution in [-0.2, 0) is 12.0 Å². The molecule has 0 radical (unpaired) electrons. The van der Waals surface area contributed by atoms with Gasteiger partial charge in [0.25, 0.3) is 5.91 Å². The number of H-pyrrole nitrogens is 1. The van der Waals surface area contributed by atoms with Crippen molar-refractivity contribution in [3.05, 3.63) is 83.4 Å². The number of alkyl halides is 2. The number of halogens is 2. The van der Waals surface area contributed by atoms with Gasteiger partial charge in [-0.25, -0.2) is 0 Å². The van der Waals surface area contributed by atoms with Gasteiger partial charge in [-0.15, -0.1) is 0 Å². The minimum Gasteiger partial charge on any atom is -0.489 e. The predicted octanol–water partition coefficient (Wildman–Crippen LogP) is 6.29. The second kappa shape index (κ2) is 9.51. The average Bonchev–Trinajstić information content (AvgIpc) is 3.19. The van der Waals surface area contributed by atoms with Crippen molar-refractivity contribution in [3.8, 4) is 11.5 Å². The number of aromatic amines is 1. The van der Waals surface area contributed by atoms with Gasteiger partial charge in [-0.05, 0) is 47.4 Å². The van der Waals surface area contributed by atoms with Crippen LogP contribution < -0.4 is 14.8 Å². The fourth-order valence-corrected chi connectivity index (χ4v) is 3.47. The predicted molar refractivity (Wildman–Crippen MR) is 127 cm³/mol. The molecule has 0 saturated heterocycles. The van der Waals surface area contributed by atoms with E-state index in [1.807, 2.05) is 12.1 Å². The maximum atomic E-state index is 12.8. The van der Waals surface area contributed by atoms with E-state index in [4.69, 9.17) is 4.74 Å². The van der Waals surface area contributed by atoms with E-state index in [1.165, 1.54) is 6.07 Å². The third-order valence-electron chi connectivity index (χ3n) is 5.36. The summed E-state index contributed by atoms with van der Waals surface area (Å²) in [4.78, 5) is 12.8. The van der Waals surface area contributed by atoms with Crippen molar-refractivity contribution in [1.82, 2.24) is 10.2 Å². The van der Waals surface area contributed by atoms with E-state index in [-0.39, 0.29) is 23.7 Å². The molecule has 3 aromatic carbocycles. The average molecular weight is 466 g/mol. The highest BCUT2D eigenvalue weighted by atomic mass is 19.3. The Morgan fingerprint density at radius 1 is 1.06 bits per heavy atom. The Hall–Kier alpha value is -3.94. The molecule has 0 unspecified atom stereocenters. The molecule has 0 aliphatic heterocycles. The maximum absolute atomic E-state index is 12.8. The van der Waals surface area contributed by atoms with Crippen LogP contribution in [0.3, 0.4) is 0 Å². The Kier molecular flexibility index (Phi) is 6.49. The van der Waals surface area contributed by atoms with E-state index in [9.17, 15) is 13.6 Å². The summed E-state index contributed by atoms with van der Waals surface area (Å²) in [5.41, 5.74) is 2.86. The molecule has 0 fully saturated rings. The van der Waals surface area contributed by atoms with Gasteiger partial charge in [-0.1, -0.05) is 51.1 Å². The first-order valence-corrected chi connectivity index (χ1v) is 10.8. The topological polar surface area (TPSA) is 76.2 Å². The number of amides is 1. The van der Waals surface area contributed by atoms with Crippen LogP contribution in [0.25, 0.3) is 10.9 Å². The number of fused-ring (bicyclic) bond motifs is 1. The first-order chi connectivity index (χ1) is 16.2. The molecule has 1 heterocycles. The van der Waals surface area contributed by atoms with Crippen molar-refractivity contribution in [2.45, 2.75) is 39.4 Å². The van der Waals surface area contributed by atoms with E-state index < -0.39 is 6.61 Å². The van der Waals surface area contributed by atoms with Gasteiger partial charge in [0.05, 0.1) is 5.52 Å². The number of carbonyl (C=O) groups excluding carboxylic acids is 1. The number of carbonyl (C=O) groups is 1. The molecular weight excluding hydrogens is 440 g/mol. The molecule has 0 aliphatic rings. The zero-order valence-corrected chi connectivity index (χ0v) is 19.1. The summed E-state index contributed by atoms with van der Waals surface area (Å²) < 4.78 is 35.6. The number of ether oxygens (including phenoxy) is 2. The van der Waals surface area contributed by atoms with Crippen LogP contribution in [0.2, 0.25) is 0 Å². The van der Waals surface area contributed by atoms with Crippen LogP contribution >= 0.6 is 0 Å². The summed E-state index contributed by atoms with van der Waals surface area (Å²) in [7, 11) is 0. The normalized spacial score (nSPS) is 11.6. The highest BCUT2D eigenvalue weighted by Crippen LogP contribution is 2.28. The van der Waals surface area contributed by atoms with Crippen molar-refractivity contribution in [2.24, 2.45) is 0 Å². The van der Waals surface area contributed by atoms with E-state index >= 15 is 0 Å². The van der Waals surface area contributed by atoms with Gasteiger partial charge in [-0.2, -0.15) is 13.9 Å². The Balaban J connectivity index is 1.49. The SMILES string of the molecule is CC(C)(C)c1ccc(C(=O)Nc2n[nH]c3ccc(OCc4ccccc4OC(F)F)cc23)cc1. The summed E-state index contributed by atoms with van der Waals surface area (Å²) in [5.74, 6) is 0.642. The number of hydrogen-bond donors (Lipinski definition) is 2. The van der Waals surface area contributed by atoms with Gasteiger partial charge in [0.2, 0.25) is 0 Å². The molecule has 176 valence electrons. The fourth-order valence-electron chi connectivity index (χ4n) is 3.47. The van der Waals surface area contributed by atoms with E-state index in [0.717, 1.165) is 5.56 Å². The summed E-state index contributed by atoms with van der Waals surface area (Å²) in [6, 6.07) is 19.2. The Labute approximate surface area is 195 Å². The number of para-hydroxylation sites is 1. The lowest BCUT2D eigenvalue weighted by Crippen LogP contribution is -2.14. The first-order valence-electron chi connectivity index (χ1n) is 10.8. The Morgan fingerprint density at radius 2 is 1.79 bits per heavy atom. The van der Waals surface area contributed by atoms with Crippen LogP contribution in [0.5, 0.6) is 11.5 Å². The Morgan fingerprint density at radius 3 is 2.50 bits per heavy atom.